The van der Waals surface area contributed by atoms with Gasteiger partial charge in [0.15, 0.2) is 0 Å². The number of nitrogens with zero attached hydrogens (tertiary/aromatic N) is 2. The lowest BCUT2D eigenvalue weighted by molar-refractivity contribution is -0.131. The SMILES string of the molecule is Cl.NC[C@H]1CC[C@@H](C(=O)NCCc2nc(-c3cccc(Cl)c3)no2)O1. The first kappa shape index (κ1) is 19.7. The molecule has 1 aromatic carbocycles. The van der Waals surface area contributed by atoms with E-state index in [4.69, 9.17) is 26.6 Å². The van der Waals surface area contributed by atoms with Gasteiger partial charge in [-0.25, -0.2) is 0 Å². The van der Waals surface area contributed by atoms with E-state index in [2.05, 4.69) is 15.5 Å². The van der Waals surface area contributed by atoms with Crippen molar-refractivity contribution in [3.63, 3.8) is 0 Å². The molecule has 3 N–H and O–H groups in total. The number of nitrogens with one attached hydrogen (secondary N) is 1. The number of hydrogen-bond acceptors (Lipinski definition) is 6. The number of hydrogen-bond donors (Lipinski definition) is 2. The predicted molar refractivity (Wildman–Crippen MR) is 95.7 cm³/mol. The van der Waals surface area contributed by atoms with E-state index in [1.807, 2.05) is 12.1 Å². The summed E-state index contributed by atoms with van der Waals surface area (Å²) in [4.78, 5) is 16.3. The lowest BCUT2D eigenvalue weighted by Crippen LogP contribution is -2.36. The Kier molecular flexibility index (Phi) is 7.19. The van der Waals surface area contributed by atoms with E-state index in [-0.39, 0.29) is 24.4 Å². The fourth-order valence-corrected chi connectivity index (χ4v) is 2.77. The van der Waals surface area contributed by atoms with Gasteiger partial charge in [0.2, 0.25) is 17.6 Å². The second-order valence-electron chi connectivity index (χ2n) is 5.62. The highest BCUT2D eigenvalue weighted by atomic mass is 35.5. The molecule has 0 saturated carbocycles. The van der Waals surface area contributed by atoms with Crippen molar-refractivity contribution in [1.29, 1.82) is 0 Å². The maximum Gasteiger partial charge on any atom is 0.249 e. The minimum absolute atomic E-state index is 0. The first-order valence-electron chi connectivity index (χ1n) is 7.87. The van der Waals surface area contributed by atoms with E-state index in [1.165, 1.54) is 0 Å². The molecular weight excluding hydrogens is 367 g/mol. The molecule has 1 fully saturated rings. The van der Waals surface area contributed by atoms with E-state index in [0.717, 1.165) is 12.0 Å². The topological polar surface area (TPSA) is 103 Å². The molecule has 1 aliphatic heterocycles. The second kappa shape index (κ2) is 9.15. The van der Waals surface area contributed by atoms with Gasteiger partial charge in [-0.1, -0.05) is 28.9 Å². The van der Waals surface area contributed by atoms with Crippen LogP contribution in [0.4, 0.5) is 0 Å². The zero-order valence-corrected chi connectivity index (χ0v) is 15.1. The average Bonchev–Trinajstić information content (AvgIpc) is 3.24. The largest absolute Gasteiger partial charge is 0.364 e. The molecule has 0 radical (unpaired) electrons. The van der Waals surface area contributed by atoms with Crippen LogP contribution in [0.1, 0.15) is 18.7 Å². The summed E-state index contributed by atoms with van der Waals surface area (Å²) in [5.74, 6) is 0.807. The fourth-order valence-electron chi connectivity index (χ4n) is 2.58. The summed E-state index contributed by atoms with van der Waals surface area (Å²) in [5.41, 5.74) is 6.33. The number of nitrogens with two attached hydrogens (primary N) is 1. The minimum Gasteiger partial charge on any atom is -0.364 e. The third-order valence-corrected chi connectivity index (χ3v) is 4.09. The number of halogens is 2. The number of benzene rings is 1. The standard InChI is InChI=1S/C16H19ClN4O3.ClH/c17-11-3-1-2-10(8-11)15-20-14(24-21-15)6-7-19-16(22)13-5-4-12(9-18)23-13;/h1-3,8,12-13H,4-7,9,18H2,(H,19,22);1H/t12-,13+;/m1./s1. The lowest BCUT2D eigenvalue weighted by Gasteiger charge is -2.11. The Hall–Kier alpha value is -1.67. The molecule has 1 aliphatic rings. The Bertz CT molecular complexity index is 710. The van der Waals surface area contributed by atoms with E-state index in [0.29, 0.717) is 42.7 Å². The quantitative estimate of drug-likeness (QED) is 0.786. The summed E-state index contributed by atoms with van der Waals surface area (Å²) in [7, 11) is 0. The van der Waals surface area contributed by atoms with E-state index < -0.39 is 6.10 Å². The summed E-state index contributed by atoms with van der Waals surface area (Å²) in [6, 6.07) is 7.23. The molecule has 25 heavy (non-hydrogen) atoms. The second-order valence-corrected chi connectivity index (χ2v) is 6.06. The number of rotatable bonds is 6. The highest BCUT2D eigenvalue weighted by Crippen LogP contribution is 2.20. The smallest absolute Gasteiger partial charge is 0.249 e. The average molecular weight is 387 g/mol. The first-order chi connectivity index (χ1) is 11.7. The fraction of sp³-hybridized carbons (Fsp3) is 0.438. The van der Waals surface area contributed by atoms with Gasteiger partial charge in [0.1, 0.15) is 6.10 Å². The monoisotopic (exact) mass is 386 g/mol. The minimum atomic E-state index is -0.414. The van der Waals surface area contributed by atoms with Crippen LogP contribution in [-0.4, -0.2) is 41.3 Å². The Labute approximate surface area is 156 Å². The highest BCUT2D eigenvalue weighted by molar-refractivity contribution is 6.30. The number of carbonyl (C=O) groups excluding carboxylic acids is 1. The maximum atomic E-state index is 12.0. The summed E-state index contributed by atoms with van der Waals surface area (Å²) < 4.78 is 10.7. The Morgan fingerprint density at radius 1 is 1.40 bits per heavy atom. The van der Waals surface area contributed by atoms with E-state index >= 15 is 0 Å². The Morgan fingerprint density at radius 2 is 2.24 bits per heavy atom. The Morgan fingerprint density at radius 3 is 2.96 bits per heavy atom. The molecule has 2 atom stereocenters. The van der Waals surface area contributed by atoms with Crippen LogP contribution >= 0.6 is 24.0 Å². The van der Waals surface area contributed by atoms with Crippen molar-refractivity contribution >= 4 is 29.9 Å². The molecule has 0 aliphatic carbocycles. The van der Waals surface area contributed by atoms with E-state index in [1.54, 1.807) is 12.1 Å². The number of ether oxygens (including phenoxy) is 1. The highest BCUT2D eigenvalue weighted by Gasteiger charge is 2.29. The van der Waals surface area contributed by atoms with Gasteiger partial charge in [0, 0.05) is 30.1 Å². The summed E-state index contributed by atoms with van der Waals surface area (Å²) >= 11 is 5.95. The van der Waals surface area contributed by atoms with Crippen molar-refractivity contribution < 1.29 is 14.1 Å². The van der Waals surface area contributed by atoms with Crippen molar-refractivity contribution in [2.45, 2.75) is 31.5 Å². The molecule has 2 heterocycles. The lowest BCUT2D eigenvalue weighted by atomic mass is 10.2. The molecule has 9 heteroatoms. The molecule has 0 spiro atoms. The molecule has 1 saturated heterocycles. The van der Waals surface area contributed by atoms with Crippen LogP contribution in [0.15, 0.2) is 28.8 Å². The van der Waals surface area contributed by atoms with Gasteiger partial charge in [-0.3, -0.25) is 4.79 Å². The van der Waals surface area contributed by atoms with Crippen LogP contribution in [0.5, 0.6) is 0 Å². The molecule has 136 valence electrons. The predicted octanol–water partition coefficient (Wildman–Crippen LogP) is 1.98. The molecule has 1 amide bonds. The molecule has 2 aromatic rings. The van der Waals surface area contributed by atoms with Gasteiger partial charge in [0.05, 0.1) is 6.10 Å². The van der Waals surface area contributed by atoms with Crippen LogP contribution in [0, 0.1) is 0 Å². The molecule has 0 unspecified atom stereocenters. The van der Waals surface area contributed by atoms with Crippen molar-refractivity contribution in [3.8, 4) is 11.4 Å². The molecule has 3 rings (SSSR count). The van der Waals surface area contributed by atoms with Gasteiger partial charge in [-0.15, -0.1) is 12.4 Å². The molecule has 7 nitrogen and oxygen atoms in total. The van der Waals surface area contributed by atoms with Crippen molar-refractivity contribution in [2.75, 3.05) is 13.1 Å². The van der Waals surface area contributed by atoms with Gasteiger partial charge in [0.25, 0.3) is 0 Å². The molecular formula is C16H20Cl2N4O3. The Balaban J connectivity index is 0.00000225. The van der Waals surface area contributed by atoms with Gasteiger partial charge in [-0.05, 0) is 25.0 Å². The summed E-state index contributed by atoms with van der Waals surface area (Å²) in [6.07, 6.45) is 1.54. The summed E-state index contributed by atoms with van der Waals surface area (Å²) in [5, 5.41) is 7.36. The molecule has 0 bridgehead atoms. The normalized spacial score (nSPS) is 19.4. The van der Waals surface area contributed by atoms with Crippen molar-refractivity contribution in [2.24, 2.45) is 5.73 Å². The number of aromatic nitrogens is 2. The maximum absolute atomic E-state index is 12.0. The third-order valence-electron chi connectivity index (χ3n) is 3.85. The third kappa shape index (κ3) is 5.15. The first-order valence-corrected chi connectivity index (χ1v) is 8.25. The zero-order valence-electron chi connectivity index (χ0n) is 13.5. The van der Waals surface area contributed by atoms with Crippen LogP contribution in [-0.2, 0) is 16.0 Å². The zero-order chi connectivity index (χ0) is 16.9. The summed E-state index contributed by atoms with van der Waals surface area (Å²) in [6.45, 7) is 0.848. The van der Waals surface area contributed by atoms with Crippen molar-refractivity contribution in [1.82, 2.24) is 15.5 Å². The van der Waals surface area contributed by atoms with Crippen LogP contribution in [0.3, 0.4) is 0 Å². The van der Waals surface area contributed by atoms with Gasteiger partial charge < -0.3 is 20.3 Å². The van der Waals surface area contributed by atoms with Crippen LogP contribution < -0.4 is 11.1 Å². The van der Waals surface area contributed by atoms with Gasteiger partial charge in [-0.2, -0.15) is 4.98 Å². The van der Waals surface area contributed by atoms with Crippen molar-refractivity contribution in [3.05, 3.63) is 35.2 Å². The number of amides is 1. The molecule has 1 aromatic heterocycles. The van der Waals surface area contributed by atoms with E-state index in [9.17, 15) is 4.79 Å². The van der Waals surface area contributed by atoms with Crippen LogP contribution in [0.25, 0.3) is 11.4 Å². The van der Waals surface area contributed by atoms with Crippen LogP contribution in [0.2, 0.25) is 5.02 Å². The van der Waals surface area contributed by atoms with Gasteiger partial charge >= 0.3 is 0 Å². The number of carbonyl (C=O) groups is 1.